The van der Waals surface area contributed by atoms with Gasteiger partial charge in [0.1, 0.15) is 0 Å². The minimum absolute atomic E-state index is 0.389. The Labute approximate surface area is 115 Å². The van der Waals surface area contributed by atoms with E-state index >= 15 is 0 Å². The van der Waals surface area contributed by atoms with Gasteiger partial charge in [-0.1, -0.05) is 12.8 Å². The normalized spacial score (nSPS) is 48.6. The van der Waals surface area contributed by atoms with E-state index in [0.717, 1.165) is 43.7 Å². The average molecular weight is 262 g/mol. The lowest BCUT2D eigenvalue weighted by molar-refractivity contribution is -0.132. The molecule has 1 aliphatic heterocycles. The van der Waals surface area contributed by atoms with Gasteiger partial charge in [-0.25, -0.2) is 0 Å². The Morgan fingerprint density at radius 1 is 0.947 bits per heavy atom. The molecule has 1 heterocycles. The van der Waals surface area contributed by atoms with E-state index < -0.39 is 0 Å². The van der Waals surface area contributed by atoms with Crippen molar-refractivity contribution in [3.63, 3.8) is 0 Å². The largest absolute Gasteiger partial charge is 0.342 e. The highest BCUT2D eigenvalue weighted by Gasteiger charge is 2.56. The van der Waals surface area contributed by atoms with Crippen LogP contribution in [0.15, 0.2) is 0 Å². The van der Waals surface area contributed by atoms with E-state index in [0.29, 0.717) is 23.8 Å². The van der Waals surface area contributed by atoms with Crippen molar-refractivity contribution in [3.8, 4) is 0 Å². The van der Waals surface area contributed by atoms with E-state index in [4.69, 9.17) is 5.73 Å². The lowest BCUT2D eigenvalue weighted by Gasteiger charge is -2.27. The molecule has 1 saturated heterocycles. The zero-order valence-corrected chi connectivity index (χ0v) is 11.8. The Balaban J connectivity index is 1.40. The van der Waals surface area contributed by atoms with Gasteiger partial charge in [-0.05, 0) is 55.8 Å². The molecule has 3 heteroatoms. The fourth-order valence-electron chi connectivity index (χ4n) is 5.22. The molecule has 4 fully saturated rings. The van der Waals surface area contributed by atoms with Gasteiger partial charge in [0.25, 0.3) is 0 Å². The van der Waals surface area contributed by atoms with Crippen LogP contribution in [0.1, 0.15) is 44.9 Å². The highest BCUT2D eigenvalue weighted by molar-refractivity contribution is 5.82. The molecule has 4 rings (SSSR count). The predicted octanol–water partition coefficient (Wildman–Crippen LogP) is 2.01. The average Bonchev–Trinajstić information content (AvgIpc) is 2.99. The van der Waals surface area contributed by atoms with Crippen molar-refractivity contribution in [2.24, 2.45) is 35.3 Å². The van der Waals surface area contributed by atoms with Crippen molar-refractivity contribution in [3.05, 3.63) is 0 Å². The maximum absolute atomic E-state index is 12.7. The van der Waals surface area contributed by atoms with E-state index in [1.165, 1.54) is 32.1 Å². The Bertz CT molecular complexity index is 371. The number of likely N-dealkylation sites (tertiary alicyclic amines) is 1. The molecule has 3 aliphatic carbocycles. The number of amides is 1. The summed E-state index contributed by atoms with van der Waals surface area (Å²) in [5.74, 6) is 3.88. The minimum atomic E-state index is 0.389. The van der Waals surface area contributed by atoms with E-state index in [-0.39, 0.29) is 0 Å². The molecule has 4 aliphatic rings. The van der Waals surface area contributed by atoms with Crippen molar-refractivity contribution >= 4 is 5.91 Å². The summed E-state index contributed by atoms with van der Waals surface area (Å²) in [5, 5.41) is 0. The van der Waals surface area contributed by atoms with Gasteiger partial charge in [0, 0.05) is 25.0 Å². The molecule has 3 nitrogen and oxygen atoms in total. The van der Waals surface area contributed by atoms with Crippen LogP contribution in [0.4, 0.5) is 0 Å². The maximum atomic E-state index is 12.7. The fraction of sp³-hybridized carbons (Fsp3) is 0.938. The summed E-state index contributed by atoms with van der Waals surface area (Å²) in [4.78, 5) is 14.9. The third kappa shape index (κ3) is 2.01. The van der Waals surface area contributed by atoms with Crippen LogP contribution < -0.4 is 5.73 Å². The third-order valence-corrected chi connectivity index (χ3v) is 6.34. The first-order chi connectivity index (χ1) is 9.24. The van der Waals surface area contributed by atoms with Crippen LogP contribution in [-0.2, 0) is 4.79 Å². The van der Waals surface area contributed by atoms with Crippen LogP contribution in [0.3, 0.4) is 0 Å². The van der Waals surface area contributed by atoms with Gasteiger partial charge in [-0.2, -0.15) is 0 Å². The highest BCUT2D eigenvalue weighted by atomic mass is 16.2. The van der Waals surface area contributed by atoms with Crippen molar-refractivity contribution < 1.29 is 4.79 Å². The summed E-state index contributed by atoms with van der Waals surface area (Å²) in [6, 6.07) is 0.389. The van der Waals surface area contributed by atoms with Crippen LogP contribution in [0, 0.1) is 29.6 Å². The molecule has 19 heavy (non-hydrogen) atoms. The Morgan fingerprint density at radius 2 is 1.63 bits per heavy atom. The molecule has 1 amide bonds. The van der Waals surface area contributed by atoms with E-state index in [9.17, 15) is 4.79 Å². The number of hydrogen-bond acceptors (Lipinski definition) is 2. The second kappa shape index (κ2) is 4.47. The monoisotopic (exact) mass is 262 g/mol. The number of fused-ring (bicyclic) bond motifs is 2. The summed E-state index contributed by atoms with van der Waals surface area (Å²) in [6.07, 6.45) is 8.88. The number of hydrogen-bond donors (Lipinski definition) is 1. The third-order valence-electron chi connectivity index (χ3n) is 6.34. The molecule has 0 aromatic carbocycles. The molecular formula is C16H26N2O. The predicted molar refractivity (Wildman–Crippen MR) is 74.3 cm³/mol. The molecule has 3 unspecified atom stereocenters. The second-order valence-electron chi connectivity index (χ2n) is 7.47. The molecule has 5 atom stereocenters. The first-order valence-electron chi connectivity index (χ1n) is 8.28. The highest BCUT2D eigenvalue weighted by Crippen LogP contribution is 2.56. The van der Waals surface area contributed by atoms with Gasteiger partial charge in [-0.3, -0.25) is 4.79 Å². The first-order valence-corrected chi connectivity index (χ1v) is 8.28. The molecule has 0 aromatic heterocycles. The Kier molecular flexibility index (Phi) is 2.87. The van der Waals surface area contributed by atoms with E-state index in [2.05, 4.69) is 4.90 Å². The van der Waals surface area contributed by atoms with Gasteiger partial charge < -0.3 is 10.6 Å². The van der Waals surface area contributed by atoms with Crippen LogP contribution in [0.25, 0.3) is 0 Å². The summed E-state index contributed by atoms with van der Waals surface area (Å²) >= 11 is 0. The van der Waals surface area contributed by atoms with Crippen molar-refractivity contribution in [2.45, 2.75) is 51.0 Å². The standard InChI is InChI=1S/C16H26N2O/c17-12-6-5-10-8-18(9-11(10)7-12)16(19)15-13-3-1-2-4-14(13)15/h10-15H,1-9,17H2/t10-,11+,12?,13?,14?,15?/m1/s1. The number of carbonyl (C=O) groups is 1. The molecule has 2 N–H and O–H groups in total. The molecular weight excluding hydrogens is 236 g/mol. The number of rotatable bonds is 1. The van der Waals surface area contributed by atoms with Crippen LogP contribution in [-0.4, -0.2) is 29.9 Å². The lowest BCUT2D eigenvalue weighted by Crippen LogP contribution is -2.32. The zero-order chi connectivity index (χ0) is 13.0. The van der Waals surface area contributed by atoms with Crippen molar-refractivity contribution in [1.29, 1.82) is 0 Å². The summed E-state index contributed by atoms with van der Waals surface area (Å²) < 4.78 is 0. The van der Waals surface area contributed by atoms with Gasteiger partial charge in [-0.15, -0.1) is 0 Å². The minimum Gasteiger partial charge on any atom is -0.342 e. The van der Waals surface area contributed by atoms with Crippen LogP contribution in [0.5, 0.6) is 0 Å². The molecule has 0 spiro atoms. The second-order valence-corrected chi connectivity index (χ2v) is 7.47. The van der Waals surface area contributed by atoms with Gasteiger partial charge in [0.2, 0.25) is 5.91 Å². The summed E-state index contributed by atoms with van der Waals surface area (Å²) in [5.41, 5.74) is 6.08. The molecule has 0 bridgehead atoms. The van der Waals surface area contributed by atoms with Crippen molar-refractivity contribution in [1.82, 2.24) is 4.90 Å². The van der Waals surface area contributed by atoms with Gasteiger partial charge in [0.05, 0.1) is 0 Å². The fourth-order valence-corrected chi connectivity index (χ4v) is 5.22. The topological polar surface area (TPSA) is 46.3 Å². The van der Waals surface area contributed by atoms with E-state index in [1.54, 1.807) is 0 Å². The smallest absolute Gasteiger partial charge is 0.226 e. The maximum Gasteiger partial charge on any atom is 0.226 e. The van der Waals surface area contributed by atoms with Gasteiger partial charge >= 0.3 is 0 Å². The number of nitrogens with two attached hydrogens (primary N) is 1. The Hall–Kier alpha value is -0.570. The Morgan fingerprint density at radius 3 is 2.37 bits per heavy atom. The lowest BCUT2D eigenvalue weighted by atomic mass is 9.79. The van der Waals surface area contributed by atoms with Crippen LogP contribution >= 0.6 is 0 Å². The summed E-state index contributed by atoms with van der Waals surface area (Å²) in [7, 11) is 0. The van der Waals surface area contributed by atoms with E-state index in [1.807, 2.05) is 0 Å². The summed E-state index contributed by atoms with van der Waals surface area (Å²) in [6.45, 7) is 2.04. The molecule has 0 radical (unpaired) electrons. The quantitative estimate of drug-likeness (QED) is 0.785. The molecule has 3 saturated carbocycles. The molecule has 106 valence electrons. The number of nitrogens with zero attached hydrogens (tertiary/aromatic N) is 1. The first kappa shape index (κ1) is 12.2. The SMILES string of the molecule is NC1CC[C@@H]2CN(C(=O)C3C4CCCCC43)C[C@@H]2C1. The van der Waals surface area contributed by atoms with Gasteiger partial charge in [0.15, 0.2) is 0 Å². The number of carbonyl (C=O) groups excluding carboxylic acids is 1. The zero-order valence-electron chi connectivity index (χ0n) is 11.8. The van der Waals surface area contributed by atoms with Crippen LogP contribution in [0.2, 0.25) is 0 Å². The molecule has 0 aromatic rings. The van der Waals surface area contributed by atoms with Crippen molar-refractivity contribution in [2.75, 3.05) is 13.1 Å².